The van der Waals surface area contributed by atoms with Gasteiger partial charge in [-0.15, -0.1) is 0 Å². The summed E-state index contributed by atoms with van der Waals surface area (Å²) in [5.74, 6) is -1.42. The monoisotopic (exact) mass is 324 g/mol. The van der Waals surface area contributed by atoms with Gasteiger partial charge in [-0.2, -0.15) is 0 Å². The first-order valence-electron chi connectivity index (χ1n) is 6.11. The number of sulfone groups is 1. The Kier molecular flexibility index (Phi) is 4.34. The van der Waals surface area contributed by atoms with Gasteiger partial charge in [0, 0.05) is 0 Å². The predicted molar refractivity (Wildman–Crippen MR) is 80.5 cm³/mol. The number of carboxylic acids is 1. The molecular weight excluding hydrogens is 312 g/mol. The molecule has 2 aromatic rings. The Hall–Kier alpha value is -1.85. The van der Waals surface area contributed by atoms with Crippen LogP contribution in [-0.2, 0) is 15.6 Å². The molecule has 0 fully saturated rings. The maximum Gasteiger partial charge on any atom is 0.335 e. The molecule has 21 heavy (non-hydrogen) atoms. The second-order valence-corrected chi connectivity index (χ2v) is 7.06. The number of rotatable bonds is 4. The van der Waals surface area contributed by atoms with E-state index in [0.29, 0.717) is 5.56 Å². The number of hydrogen-bond acceptors (Lipinski definition) is 3. The molecule has 0 spiro atoms. The van der Waals surface area contributed by atoms with Crippen molar-refractivity contribution in [3.05, 3.63) is 64.2 Å². The van der Waals surface area contributed by atoms with Crippen molar-refractivity contribution in [2.45, 2.75) is 17.6 Å². The highest BCUT2D eigenvalue weighted by Crippen LogP contribution is 2.26. The summed E-state index contributed by atoms with van der Waals surface area (Å²) >= 11 is 5.90. The van der Waals surface area contributed by atoms with Crippen molar-refractivity contribution >= 4 is 27.4 Å². The largest absolute Gasteiger partial charge is 0.478 e. The second-order valence-electron chi connectivity index (χ2n) is 4.70. The minimum atomic E-state index is -3.71. The van der Waals surface area contributed by atoms with Gasteiger partial charge in [0.15, 0.2) is 9.84 Å². The Labute approximate surface area is 127 Å². The molecule has 0 bridgehead atoms. The number of halogens is 1. The highest BCUT2D eigenvalue weighted by Gasteiger charge is 2.20. The third kappa shape index (κ3) is 3.62. The Bertz CT molecular complexity index is 780. The van der Waals surface area contributed by atoms with Crippen LogP contribution in [-0.4, -0.2) is 19.5 Å². The van der Waals surface area contributed by atoms with Crippen LogP contribution in [0.3, 0.4) is 0 Å². The molecule has 6 heteroatoms. The van der Waals surface area contributed by atoms with E-state index in [9.17, 15) is 13.2 Å². The molecule has 0 heterocycles. The Balaban J connectivity index is 2.41. The summed E-state index contributed by atoms with van der Waals surface area (Å²) in [4.78, 5) is 10.8. The number of hydrogen-bond donors (Lipinski definition) is 1. The Morgan fingerprint density at radius 2 is 1.76 bits per heavy atom. The molecule has 2 aromatic carbocycles. The summed E-state index contributed by atoms with van der Waals surface area (Å²) in [6.45, 7) is 1.91. The first kappa shape index (κ1) is 15.5. The second kappa shape index (κ2) is 5.87. The summed E-state index contributed by atoms with van der Waals surface area (Å²) in [6.07, 6.45) is 0. The van der Waals surface area contributed by atoms with Gasteiger partial charge in [0.05, 0.1) is 21.2 Å². The third-order valence-electron chi connectivity index (χ3n) is 2.99. The molecular formula is C15H13ClO4S. The molecule has 1 N–H and O–H groups in total. The van der Waals surface area contributed by atoms with Gasteiger partial charge in [-0.05, 0) is 30.7 Å². The first-order chi connectivity index (χ1) is 9.79. The van der Waals surface area contributed by atoms with E-state index in [1.54, 1.807) is 12.1 Å². The van der Waals surface area contributed by atoms with Gasteiger partial charge in [0.25, 0.3) is 0 Å². The zero-order valence-electron chi connectivity index (χ0n) is 11.2. The van der Waals surface area contributed by atoms with Crippen LogP contribution in [0.15, 0.2) is 47.4 Å². The molecule has 0 saturated heterocycles. The Morgan fingerprint density at radius 1 is 1.14 bits per heavy atom. The van der Waals surface area contributed by atoms with E-state index < -0.39 is 15.8 Å². The molecule has 0 unspecified atom stereocenters. The van der Waals surface area contributed by atoms with Crippen molar-refractivity contribution in [1.82, 2.24) is 0 Å². The highest BCUT2D eigenvalue weighted by atomic mass is 35.5. The average Bonchev–Trinajstić information content (AvgIpc) is 2.41. The SMILES string of the molecule is Cc1ccc(CS(=O)(=O)c2cc(C(=O)O)ccc2Cl)cc1. The van der Waals surface area contributed by atoms with E-state index in [1.807, 2.05) is 19.1 Å². The van der Waals surface area contributed by atoms with E-state index in [4.69, 9.17) is 16.7 Å². The van der Waals surface area contributed by atoms with Crippen molar-refractivity contribution in [3.63, 3.8) is 0 Å². The summed E-state index contributed by atoms with van der Waals surface area (Å²) in [7, 11) is -3.71. The van der Waals surface area contributed by atoms with Crippen LogP contribution in [0.5, 0.6) is 0 Å². The summed E-state index contributed by atoms with van der Waals surface area (Å²) in [5, 5.41) is 8.97. The third-order valence-corrected chi connectivity index (χ3v) is 5.15. The predicted octanol–water partition coefficient (Wildman–Crippen LogP) is 3.32. The van der Waals surface area contributed by atoms with Gasteiger partial charge < -0.3 is 5.11 Å². The minimum Gasteiger partial charge on any atom is -0.478 e. The maximum atomic E-state index is 12.4. The molecule has 0 radical (unpaired) electrons. The van der Waals surface area contributed by atoms with Gasteiger partial charge in [0.1, 0.15) is 0 Å². The van der Waals surface area contributed by atoms with Gasteiger partial charge >= 0.3 is 5.97 Å². The van der Waals surface area contributed by atoms with E-state index >= 15 is 0 Å². The molecule has 0 aliphatic rings. The van der Waals surface area contributed by atoms with Crippen molar-refractivity contribution in [2.24, 2.45) is 0 Å². The van der Waals surface area contributed by atoms with Gasteiger partial charge in [0.2, 0.25) is 0 Å². The number of benzene rings is 2. The van der Waals surface area contributed by atoms with Gasteiger partial charge in [-0.25, -0.2) is 13.2 Å². The molecule has 4 nitrogen and oxygen atoms in total. The van der Waals surface area contributed by atoms with Crippen LogP contribution < -0.4 is 0 Å². The molecule has 0 amide bonds. The van der Waals surface area contributed by atoms with Crippen LogP contribution in [0.1, 0.15) is 21.5 Å². The fraction of sp³-hybridized carbons (Fsp3) is 0.133. The van der Waals surface area contributed by atoms with E-state index in [2.05, 4.69) is 0 Å². The Morgan fingerprint density at radius 3 is 2.33 bits per heavy atom. The van der Waals surface area contributed by atoms with E-state index in [-0.39, 0.29) is 21.2 Å². The van der Waals surface area contributed by atoms with Crippen LogP contribution in [0, 0.1) is 6.92 Å². The molecule has 0 atom stereocenters. The van der Waals surface area contributed by atoms with Crippen LogP contribution in [0.25, 0.3) is 0 Å². The van der Waals surface area contributed by atoms with Crippen molar-refractivity contribution < 1.29 is 18.3 Å². The molecule has 0 aromatic heterocycles. The smallest absolute Gasteiger partial charge is 0.335 e. The topological polar surface area (TPSA) is 71.4 Å². The normalized spacial score (nSPS) is 11.3. The van der Waals surface area contributed by atoms with Crippen molar-refractivity contribution in [2.75, 3.05) is 0 Å². The zero-order chi connectivity index (χ0) is 15.6. The molecule has 0 saturated carbocycles. The lowest BCUT2D eigenvalue weighted by Gasteiger charge is -2.08. The van der Waals surface area contributed by atoms with Crippen LogP contribution in [0.4, 0.5) is 0 Å². The zero-order valence-corrected chi connectivity index (χ0v) is 12.8. The average molecular weight is 325 g/mol. The lowest BCUT2D eigenvalue weighted by atomic mass is 10.2. The lowest BCUT2D eigenvalue weighted by molar-refractivity contribution is 0.0696. The lowest BCUT2D eigenvalue weighted by Crippen LogP contribution is -2.07. The summed E-state index contributed by atoms with van der Waals surface area (Å²) < 4.78 is 24.8. The van der Waals surface area contributed by atoms with E-state index in [0.717, 1.165) is 11.6 Å². The van der Waals surface area contributed by atoms with Gasteiger partial charge in [-0.1, -0.05) is 41.4 Å². The van der Waals surface area contributed by atoms with Crippen molar-refractivity contribution in [3.8, 4) is 0 Å². The number of aromatic carboxylic acids is 1. The molecule has 2 rings (SSSR count). The minimum absolute atomic E-state index is 0.0205. The fourth-order valence-electron chi connectivity index (χ4n) is 1.86. The number of aryl methyl sites for hydroxylation is 1. The standard InChI is InChI=1S/C15H13ClO4S/c1-10-2-4-11(5-3-10)9-21(19,20)14-8-12(15(17)18)6-7-13(14)16/h2-8H,9H2,1H3,(H,17,18). The van der Waals surface area contributed by atoms with Crippen molar-refractivity contribution in [1.29, 1.82) is 0 Å². The molecule has 0 aliphatic heterocycles. The summed E-state index contributed by atoms with van der Waals surface area (Å²) in [6, 6.07) is 10.7. The number of carbonyl (C=O) groups is 1. The van der Waals surface area contributed by atoms with Gasteiger partial charge in [-0.3, -0.25) is 0 Å². The quantitative estimate of drug-likeness (QED) is 0.936. The fourth-order valence-corrected chi connectivity index (χ4v) is 3.78. The molecule has 0 aliphatic carbocycles. The van der Waals surface area contributed by atoms with Crippen LogP contribution >= 0.6 is 11.6 Å². The molecule has 110 valence electrons. The summed E-state index contributed by atoms with van der Waals surface area (Å²) in [5.41, 5.74) is 1.54. The highest BCUT2D eigenvalue weighted by molar-refractivity contribution is 7.90. The van der Waals surface area contributed by atoms with Crippen LogP contribution in [0.2, 0.25) is 5.02 Å². The van der Waals surface area contributed by atoms with E-state index in [1.165, 1.54) is 12.1 Å². The first-order valence-corrected chi connectivity index (χ1v) is 8.14. The maximum absolute atomic E-state index is 12.4. The number of carboxylic acid groups (broad SMARTS) is 1.